The third-order valence-corrected chi connectivity index (χ3v) is 5.68. The van der Waals surface area contributed by atoms with Gasteiger partial charge in [-0.05, 0) is 51.8 Å². The van der Waals surface area contributed by atoms with E-state index < -0.39 is 17.0 Å². The molecule has 0 amide bonds. The van der Waals surface area contributed by atoms with Gasteiger partial charge in [-0.1, -0.05) is 0 Å². The van der Waals surface area contributed by atoms with E-state index in [0.29, 0.717) is 29.7 Å². The minimum Gasteiger partial charge on any atom is -0.508 e. The van der Waals surface area contributed by atoms with Crippen molar-refractivity contribution in [1.29, 1.82) is 0 Å². The molecule has 5 heteroatoms. The lowest BCUT2D eigenvalue weighted by atomic mass is 9.66. The topological polar surface area (TPSA) is 83.8 Å². The summed E-state index contributed by atoms with van der Waals surface area (Å²) < 4.78 is 6.16. The van der Waals surface area contributed by atoms with Crippen molar-refractivity contribution < 1.29 is 24.5 Å². The van der Waals surface area contributed by atoms with Gasteiger partial charge in [0.05, 0.1) is 5.41 Å². The monoisotopic (exact) mass is 332 g/mol. The molecule has 0 aromatic heterocycles. The number of hydrogen-bond acceptors (Lipinski definition) is 4. The largest absolute Gasteiger partial charge is 0.508 e. The van der Waals surface area contributed by atoms with Gasteiger partial charge in [-0.15, -0.1) is 0 Å². The summed E-state index contributed by atoms with van der Waals surface area (Å²) in [7, 11) is 0. The van der Waals surface area contributed by atoms with Gasteiger partial charge in [0.1, 0.15) is 22.9 Å². The molecule has 1 aliphatic heterocycles. The summed E-state index contributed by atoms with van der Waals surface area (Å²) >= 11 is 0. The van der Waals surface area contributed by atoms with Gasteiger partial charge in [0.25, 0.3) is 0 Å². The van der Waals surface area contributed by atoms with E-state index in [9.17, 15) is 19.8 Å². The van der Waals surface area contributed by atoms with Gasteiger partial charge in [0.2, 0.25) is 0 Å². The molecule has 2 aliphatic rings. The maximum absolute atomic E-state index is 12.0. The molecule has 130 valence electrons. The molecule has 1 aliphatic carbocycles. The summed E-state index contributed by atoms with van der Waals surface area (Å²) in [5.41, 5.74) is -0.462. The van der Waals surface area contributed by atoms with Crippen LogP contribution in [0.25, 0.3) is 0 Å². The Hall–Kier alpha value is -2.04. The van der Waals surface area contributed by atoms with E-state index in [-0.39, 0.29) is 23.4 Å². The number of hydrogen-bond donors (Lipinski definition) is 2. The van der Waals surface area contributed by atoms with Crippen LogP contribution < -0.4 is 4.74 Å². The second-order valence-corrected chi connectivity index (χ2v) is 8.04. The molecule has 5 nitrogen and oxygen atoms in total. The normalized spacial score (nSPS) is 25.4. The molecule has 2 N–H and O–H groups in total. The zero-order valence-corrected chi connectivity index (χ0v) is 14.5. The fourth-order valence-corrected chi connectivity index (χ4v) is 4.06. The first-order valence-electron chi connectivity index (χ1n) is 8.35. The Morgan fingerprint density at radius 1 is 1.33 bits per heavy atom. The van der Waals surface area contributed by atoms with Crippen molar-refractivity contribution in [2.45, 2.75) is 63.9 Å². The van der Waals surface area contributed by atoms with Crippen molar-refractivity contribution in [3.05, 3.63) is 23.3 Å². The van der Waals surface area contributed by atoms with Crippen LogP contribution in [0.5, 0.6) is 11.5 Å². The van der Waals surface area contributed by atoms with Crippen molar-refractivity contribution in [2.75, 3.05) is 0 Å². The lowest BCUT2D eigenvalue weighted by molar-refractivity contribution is -0.142. The summed E-state index contributed by atoms with van der Waals surface area (Å²) in [5.74, 6) is -0.159. The van der Waals surface area contributed by atoms with Crippen LogP contribution in [-0.4, -0.2) is 27.6 Å². The first kappa shape index (κ1) is 16.8. The fraction of sp³-hybridized carbons (Fsp3) is 0.579. The van der Waals surface area contributed by atoms with Gasteiger partial charge in [0, 0.05) is 30.2 Å². The third kappa shape index (κ3) is 2.46. The number of fused-ring (bicyclic) bond motifs is 3. The highest BCUT2D eigenvalue weighted by Gasteiger charge is 2.48. The standard InChI is InChI=1S/C19H24O5/c1-18(2,17(22)23)10-7-14(21)16-12-9-11(20)5-6-13(12)19(3,4)24-15(16)8-10/h7-8,12-13,21H,5-6,9H2,1-4H3,(H,22,23). The molecule has 1 heterocycles. The number of phenolic OH excluding ortho intramolecular Hbond substituents is 1. The first-order chi connectivity index (χ1) is 11.0. The Bertz CT molecular complexity index is 717. The number of rotatable bonds is 2. The van der Waals surface area contributed by atoms with Gasteiger partial charge in [0.15, 0.2) is 0 Å². The van der Waals surface area contributed by atoms with Crippen molar-refractivity contribution in [3.8, 4) is 11.5 Å². The average molecular weight is 332 g/mol. The number of ether oxygens (including phenoxy) is 1. The minimum absolute atomic E-state index is 0.0250. The SMILES string of the molecule is CC(C)(C(=O)O)c1cc(O)c2c(c1)OC(C)(C)C1CCC(=O)CC21. The molecule has 0 bridgehead atoms. The fourth-order valence-electron chi connectivity index (χ4n) is 4.06. The first-order valence-corrected chi connectivity index (χ1v) is 8.35. The lowest BCUT2D eigenvalue weighted by Gasteiger charge is -2.47. The van der Waals surface area contributed by atoms with Crippen LogP contribution in [0.15, 0.2) is 12.1 Å². The third-order valence-electron chi connectivity index (χ3n) is 5.68. The summed E-state index contributed by atoms with van der Waals surface area (Å²) in [5, 5.41) is 20.0. The molecule has 2 unspecified atom stereocenters. The predicted octanol–water partition coefficient (Wildman–Crippen LogP) is 3.38. The Kier molecular flexibility index (Phi) is 3.66. The van der Waals surface area contributed by atoms with Crippen LogP contribution in [0.2, 0.25) is 0 Å². The van der Waals surface area contributed by atoms with Gasteiger partial charge in [-0.3, -0.25) is 9.59 Å². The average Bonchev–Trinajstić information content (AvgIpc) is 2.45. The highest BCUT2D eigenvalue weighted by molar-refractivity contribution is 5.82. The summed E-state index contributed by atoms with van der Waals surface area (Å²) in [4.78, 5) is 23.5. The zero-order chi connectivity index (χ0) is 17.9. The van der Waals surface area contributed by atoms with E-state index in [2.05, 4.69) is 0 Å². The Labute approximate surface area is 141 Å². The number of aromatic hydroxyl groups is 1. The number of aliphatic carboxylic acids is 1. The molecule has 1 fully saturated rings. The smallest absolute Gasteiger partial charge is 0.313 e. The van der Waals surface area contributed by atoms with Gasteiger partial charge < -0.3 is 14.9 Å². The summed E-state index contributed by atoms with van der Waals surface area (Å²) in [6.07, 6.45) is 1.70. The minimum atomic E-state index is -1.14. The number of ketones is 1. The van der Waals surface area contributed by atoms with Crippen molar-refractivity contribution in [1.82, 2.24) is 0 Å². The number of benzene rings is 1. The molecule has 1 aromatic rings. The van der Waals surface area contributed by atoms with E-state index in [0.717, 1.165) is 6.42 Å². The van der Waals surface area contributed by atoms with E-state index in [1.165, 1.54) is 6.07 Å². The molecule has 0 saturated heterocycles. The summed E-state index contributed by atoms with van der Waals surface area (Å²) in [6, 6.07) is 3.21. The zero-order valence-electron chi connectivity index (χ0n) is 14.5. The summed E-state index contributed by atoms with van der Waals surface area (Å²) in [6.45, 7) is 7.18. The second-order valence-electron chi connectivity index (χ2n) is 8.04. The molecule has 0 spiro atoms. The van der Waals surface area contributed by atoms with Crippen molar-refractivity contribution in [2.24, 2.45) is 5.92 Å². The number of carboxylic acid groups (broad SMARTS) is 1. The van der Waals surface area contributed by atoms with Crippen LogP contribution in [0, 0.1) is 5.92 Å². The van der Waals surface area contributed by atoms with Crippen molar-refractivity contribution >= 4 is 11.8 Å². The molecule has 0 radical (unpaired) electrons. The number of Topliss-reactive ketones (excluding diaryl/α,β-unsaturated/α-hetero) is 1. The van der Waals surface area contributed by atoms with Crippen LogP contribution in [0.1, 0.15) is 64.0 Å². The van der Waals surface area contributed by atoms with Gasteiger partial charge >= 0.3 is 5.97 Å². The molecular weight excluding hydrogens is 308 g/mol. The molecule has 2 atom stereocenters. The van der Waals surface area contributed by atoms with E-state index in [1.54, 1.807) is 19.9 Å². The van der Waals surface area contributed by atoms with Crippen molar-refractivity contribution in [3.63, 3.8) is 0 Å². The second kappa shape index (κ2) is 5.23. The van der Waals surface area contributed by atoms with Crippen LogP contribution in [0.3, 0.4) is 0 Å². The van der Waals surface area contributed by atoms with Crippen LogP contribution >= 0.6 is 0 Å². The molecule has 3 rings (SSSR count). The van der Waals surface area contributed by atoms with E-state index >= 15 is 0 Å². The van der Waals surface area contributed by atoms with Gasteiger partial charge in [-0.25, -0.2) is 0 Å². The Balaban J connectivity index is 2.15. The van der Waals surface area contributed by atoms with E-state index in [4.69, 9.17) is 4.74 Å². The van der Waals surface area contributed by atoms with Crippen LogP contribution in [0.4, 0.5) is 0 Å². The van der Waals surface area contributed by atoms with E-state index in [1.807, 2.05) is 13.8 Å². The quantitative estimate of drug-likeness (QED) is 0.867. The Morgan fingerprint density at radius 3 is 2.62 bits per heavy atom. The Morgan fingerprint density at radius 2 is 2.00 bits per heavy atom. The van der Waals surface area contributed by atoms with Crippen LogP contribution in [-0.2, 0) is 15.0 Å². The number of carbonyl (C=O) groups excluding carboxylic acids is 1. The number of carbonyl (C=O) groups is 2. The molecule has 24 heavy (non-hydrogen) atoms. The molecule has 1 aromatic carbocycles. The maximum atomic E-state index is 12.0. The number of phenols is 1. The number of carboxylic acids is 1. The molecule has 1 saturated carbocycles. The molecular formula is C19H24O5. The predicted molar refractivity (Wildman–Crippen MR) is 88.6 cm³/mol. The maximum Gasteiger partial charge on any atom is 0.313 e. The lowest BCUT2D eigenvalue weighted by Crippen LogP contribution is -2.47. The van der Waals surface area contributed by atoms with Gasteiger partial charge in [-0.2, -0.15) is 0 Å². The highest BCUT2D eigenvalue weighted by atomic mass is 16.5. The highest BCUT2D eigenvalue weighted by Crippen LogP contribution is 2.54.